The van der Waals surface area contributed by atoms with Crippen molar-refractivity contribution < 1.29 is 9.90 Å². The molecule has 0 bridgehead atoms. The molecule has 0 aliphatic heterocycles. The van der Waals surface area contributed by atoms with Crippen molar-refractivity contribution >= 4 is 11.6 Å². The van der Waals surface area contributed by atoms with Gasteiger partial charge in [-0.05, 0) is 30.3 Å². The van der Waals surface area contributed by atoms with Crippen LogP contribution in [0.3, 0.4) is 0 Å². The first-order valence-electron chi connectivity index (χ1n) is 6.29. The van der Waals surface area contributed by atoms with Crippen LogP contribution in [0, 0.1) is 0 Å². The van der Waals surface area contributed by atoms with E-state index < -0.39 is 5.91 Å². The summed E-state index contributed by atoms with van der Waals surface area (Å²) >= 11 is 0. The number of H-pyrrole nitrogens is 1. The number of aromatic nitrogens is 3. The van der Waals surface area contributed by atoms with Crippen molar-refractivity contribution in [3.8, 4) is 17.0 Å². The van der Waals surface area contributed by atoms with Gasteiger partial charge in [0.05, 0.1) is 5.69 Å². The van der Waals surface area contributed by atoms with Crippen LogP contribution in [-0.2, 0) is 0 Å². The summed E-state index contributed by atoms with van der Waals surface area (Å²) in [6, 6.07) is 12.1. The first-order chi connectivity index (χ1) is 10.2. The molecule has 1 aromatic carbocycles. The monoisotopic (exact) mass is 280 g/mol. The maximum atomic E-state index is 12.1. The number of rotatable bonds is 3. The molecule has 0 fully saturated rings. The van der Waals surface area contributed by atoms with E-state index in [2.05, 4.69) is 20.5 Å². The Balaban J connectivity index is 1.84. The summed E-state index contributed by atoms with van der Waals surface area (Å²) < 4.78 is 0. The molecule has 2 aromatic heterocycles. The molecule has 1 amide bonds. The molecule has 0 aliphatic carbocycles. The lowest BCUT2D eigenvalue weighted by Gasteiger charge is -2.07. The van der Waals surface area contributed by atoms with E-state index >= 15 is 0 Å². The highest BCUT2D eigenvalue weighted by Gasteiger charge is 2.12. The van der Waals surface area contributed by atoms with Crippen molar-refractivity contribution in [3.05, 3.63) is 60.6 Å². The molecule has 104 valence electrons. The molecule has 0 saturated heterocycles. The SMILES string of the molecule is O=C(Nc1cccc(-c2ccn[nH]2)c1)c1ncccc1O. The second-order valence-electron chi connectivity index (χ2n) is 4.38. The van der Waals surface area contributed by atoms with Gasteiger partial charge >= 0.3 is 0 Å². The number of hydrogen-bond donors (Lipinski definition) is 3. The lowest BCUT2D eigenvalue weighted by atomic mass is 10.1. The van der Waals surface area contributed by atoms with Crippen LogP contribution in [0.15, 0.2) is 54.9 Å². The first-order valence-corrected chi connectivity index (χ1v) is 6.29. The van der Waals surface area contributed by atoms with Gasteiger partial charge in [-0.2, -0.15) is 5.10 Å². The third-order valence-corrected chi connectivity index (χ3v) is 2.93. The van der Waals surface area contributed by atoms with Crippen molar-refractivity contribution in [3.63, 3.8) is 0 Å². The second-order valence-corrected chi connectivity index (χ2v) is 4.38. The number of benzene rings is 1. The molecule has 0 aliphatic rings. The molecule has 0 radical (unpaired) electrons. The highest BCUT2D eigenvalue weighted by atomic mass is 16.3. The molecular formula is C15H12N4O2. The van der Waals surface area contributed by atoms with E-state index in [1.165, 1.54) is 12.3 Å². The lowest BCUT2D eigenvalue weighted by molar-refractivity contribution is 0.101. The maximum absolute atomic E-state index is 12.1. The average Bonchev–Trinajstić information content (AvgIpc) is 3.02. The van der Waals surface area contributed by atoms with Gasteiger partial charge in [0.2, 0.25) is 0 Å². The van der Waals surface area contributed by atoms with Crippen LogP contribution < -0.4 is 5.32 Å². The van der Waals surface area contributed by atoms with E-state index in [0.717, 1.165) is 11.3 Å². The fraction of sp³-hybridized carbons (Fsp3) is 0. The minimum absolute atomic E-state index is 0.00977. The van der Waals surface area contributed by atoms with E-state index in [-0.39, 0.29) is 11.4 Å². The Morgan fingerprint density at radius 2 is 2.05 bits per heavy atom. The summed E-state index contributed by atoms with van der Waals surface area (Å²) in [5, 5.41) is 19.1. The highest BCUT2D eigenvalue weighted by molar-refractivity contribution is 6.04. The van der Waals surface area contributed by atoms with Crippen LogP contribution in [0.2, 0.25) is 0 Å². The number of nitrogens with one attached hydrogen (secondary N) is 2. The lowest BCUT2D eigenvalue weighted by Crippen LogP contribution is -2.13. The van der Waals surface area contributed by atoms with Crippen LogP contribution in [0.25, 0.3) is 11.3 Å². The number of hydrogen-bond acceptors (Lipinski definition) is 4. The van der Waals surface area contributed by atoms with Gasteiger partial charge in [0.15, 0.2) is 5.69 Å². The van der Waals surface area contributed by atoms with Gasteiger partial charge in [0, 0.05) is 23.6 Å². The van der Waals surface area contributed by atoms with Crippen molar-refractivity contribution in [2.24, 2.45) is 0 Å². The Hall–Kier alpha value is -3.15. The first kappa shape index (κ1) is 12.9. The zero-order valence-electron chi connectivity index (χ0n) is 10.9. The van der Waals surface area contributed by atoms with Crippen LogP contribution in [0.1, 0.15) is 10.5 Å². The zero-order valence-corrected chi connectivity index (χ0v) is 10.9. The Kier molecular flexibility index (Phi) is 3.34. The van der Waals surface area contributed by atoms with Gasteiger partial charge in [-0.3, -0.25) is 9.89 Å². The smallest absolute Gasteiger partial charge is 0.278 e. The number of aromatic hydroxyl groups is 1. The molecular weight excluding hydrogens is 268 g/mol. The molecule has 0 saturated carbocycles. The number of anilines is 1. The topological polar surface area (TPSA) is 90.9 Å². The third-order valence-electron chi connectivity index (χ3n) is 2.93. The molecule has 21 heavy (non-hydrogen) atoms. The molecule has 0 atom stereocenters. The summed E-state index contributed by atoms with van der Waals surface area (Å²) in [6.45, 7) is 0. The molecule has 3 aromatic rings. The van der Waals surface area contributed by atoms with E-state index in [0.29, 0.717) is 5.69 Å². The van der Waals surface area contributed by atoms with E-state index in [1.54, 1.807) is 18.3 Å². The molecule has 3 rings (SSSR count). The summed E-state index contributed by atoms with van der Waals surface area (Å²) in [5.74, 6) is -0.616. The van der Waals surface area contributed by atoms with Gasteiger partial charge in [0.1, 0.15) is 5.75 Å². The Bertz CT molecular complexity index is 769. The summed E-state index contributed by atoms with van der Waals surface area (Å²) in [6.07, 6.45) is 3.11. The number of amides is 1. The Morgan fingerprint density at radius 1 is 1.14 bits per heavy atom. The number of carbonyl (C=O) groups excluding carboxylic acids is 1. The second kappa shape index (κ2) is 5.46. The van der Waals surface area contributed by atoms with Gasteiger partial charge in [0.25, 0.3) is 5.91 Å². The molecule has 0 unspecified atom stereocenters. The van der Waals surface area contributed by atoms with Crippen molar-refractivity contribution in [1.82, 2.24) is 15.2 Å². The van der Waals surface area contributed by atoms with Gasteiger partial charge < -0.3 is 10.4 Å². The van der Waals surface area contributed by atoms with Gasteiger partial charge in [-0.1, -0.05) is 12.1 Å². The number of carbonyl (C=O) groups is 1. The quantitative estimate of drug-likeness (QED) is 0.687. The van der Waals surface area contributed by atoms with Crippen LogP contribution >= 0.6 is 0 Å². The minimum atomic E-state index is -0.463. The predicted molar refractivity (Wildman–Crippen MR) is 77.9 cm³/mol. The summed E-state index contributed by atoms with van der Waals surface area (Å²) in [7, 11) is 0. The zero-order chi connectivity index (χ0) is 14.7. The maximum Gasteiger partial charge on any atom is 0.278 e. The van der Waals surface area contributed by atoms with Gasteiger partial charge in [-0.15, -0.1) is 0 Å². The Morgan fingerprint density at radius 3 is 2.81 bits per heavy atom. The third kappa shape index (κ3) is 2.74. The van der Waals surface area contributed by atoms with Crippen LogP contribution in [-0.4, -0.2) is 26.2 Å². The van der Waals surface area contributed by atoms with Crippen LogP contribution in [0.4, 0.5) is 5.69 Å². The predicted octanol–water partition coefficient (Wildman–Crippen LogP) is 2.43. The van der Waals surface area contributed by atoms with Gasteiger partial charge in [-0.25, -0.2) is 4.98 Å². The van der Waals surface area contributed by atoms with Crippen molar-refractivity contribution in [1.29, 1.82) is 0 Å². The largest absolute Gasteiger partial charge is 0.505 e. The fourth-order valence-corrected chi connectivity index (χ4v) is 1.94. The van der Waals surface area contributed by atoms with Crippen molar-refractivity contribution in [2.75, 3.05) is 5.32 Å². The number of nitrogens with zero attached hydrogens (tertiary/aromatic N) is 2. The molecule has 6 heteroatoms. The standard InChI is InChI=1S/C15H12N4O2/c20-13-5-2-7-16-14(13)15(21)18-11-4-1-3-10(9-11)12-6-8-17-19-12/h1-9,20H,(H,17,19)(H,18,21). The number of pyridine rings is 1. The average molecular weight is 280 g/mol. The highest BCUT2D eigenvalue weighted by Crippen LogP contribution is 2.21. The summed E-state index contributed by atoms with van der Waals surface area (Å²) in [5.41, 5.74) is 2.35. The Labute approximate surface area is 120 Å². The molecule has 6 nitrogen and oxygen atoms in total. The van der Waals surface area contributed by atoms with E-state index in [4.69, 9.17) is 0 Å². The molecule has 3 N–H and O–H groups in total. The summed E-state index contributed by atoms with van der Waals surface area (Å²) in [4.78, 5) is 15.9. The molecule has 2 heterocycles. The minimum Gasteiger partial charge on any atom is -0.505 e. The normalized spacial score (nSPS) is 10.3. The van der Waals surface area contributed by atoms with Crippen molar-refractivity contribution in [2.45, 2.75) is 0 Å². The van der Waals surface area contributed by atoms with E-state index in [9.17, 15) is 9.90 Å². The fourth-order valence-electron chi connectivity index (χ4n) is 1.94. The van der Waals surface area contributed by atoms with E-state index in [1.807, 2.05) is 24.3 Å². The molecule has 0 spiro atoms. The van der Waals surface area contributed by atoms with Crippen LogP contribution in [0.5, 0.6) is 5.75 Å². The number of aromatic amines is 1.